The molecular weight excluding hydrogens is 286 g/mol. The number of nitrogens with zero attached hydrogens (tertiary/aromatic N) is 1. The van der Waals surface area contributed by atoms with Crippen LogP contribution in [0.3, 0.4) is 0 Å². The molecule has 0 aliphatic carbocycles. The van der Waals surface area contributed by atoms with E-state index in [0.717, 1.165) is 10.2 Å². The molecule has 1 aromatic heterocycles. The summed E-state index contributed by atoms with van der Waals surface area (Å²) in [6.07, 6.45) is 0.0581. The van der Waals surface area contributed by atoms with Gasteiger partial charge in [-0.05, 0) is 18.6 Å². The topological polar surface area (TPSA) is 84.3 Å². The van der Waals surface area contributed by atoms with Crippen molar-refractivity contribution in [1.29, 1.82) is 0 Å². The van der Waals surface area contributed by atoms with E-state index in [-0.39, 0.29) is 12.2 Å². The highest BCUT2D eigenvalue weighted by molar-refractivity contribution is 7.92. The van der Waals surface area contributed by atoms with E-state index in [1.165, 1.54) is 11.3 Å². The average Bonchev–Trinajstić information content (AvgIpc) is 2.69. The van der Waals surface area contributed by atoms with Crippen LogP contribution in [0.2, 0.25) is 0 Å². The van der Waals surface area contributed by atoms with Gasteiger partial charge in [0.1, 0.15) is 10.8 Å². The zero-order valence-corrected chi connectivity index (χ0v) is 11.9. The van der Waals surface area contributed by atoms with Crippen molar-refractivity contribution in [1.82, 2.24) is 4.98 Å². The van der Waals surface area contributed by atoms with Crippen LogP contribution in [0, 0.1) is 0 Å². The predicted molar refractivity (Wildman–Crippen MR) is 74.0 cm³/mol. The van der Waals surface area contributed by atoms with E-state index >= 15 is 0 Å². The molecule has 5 nitrogen and oxygen atoms in total. The molecule has 1 atom stereocenters. The van der Waals surface area contributed by atoms with Crippen molar-refractivity contribution in [3.8, 4) is 0 Å². The summed E-state index contributed by atoms with van der Waals surface area (Å²) in [6, 6.07) is 7.34. The molecular formula is C12H13NO4S2. The first-order chi connectivity index (χ1) is 8.94. The first-order valence-corrected chi connectivity index (χ1v) is 8.26. The zero-order chi connectivity index (χ0) is 14.0. The van der Waals surface area contributed by atoms with Crippen LogP contribution in [-0.4, -0.2) is 29.7 Å². The molecule has 0 fully saturated rings. The highest BCUT2D eigenvalue weighted by atomic mass is 32.2. The van der Waals surface area contributed by atoms with Crippen molar-refractivity contribution < 1.29 is 18.3 Å². The van der Waals surface area contributed by atoms with Crippen molar-refractivity contribution in [2.75, 3.05) is 0 Å². The highest BCUT2D eigenvalue weighted by Gasteiger charge is 2.31. The van der Waals surface area contributed by atoms with Crippen LogP contribution in [-0.2, 0) is 20.4 Å². The Morgan fingerprint density at radius 3 is 2.68 bits per heavy atom. The Bertz CT molecular complexity index is 672. The summed E-state index contributed by atoms with van der Waals surface area (Å²) in [5.41, 5.74) is 0.737. The van der Waals surface area contributed by atoms with Crippen LogP contribution in [0.1, 0.15) is 18.4 Å². The fraction of sp³-hybridized carbons (Fsp3) is 0.333. The van der Waals surface area contributed by atoms with Crippen molar-refractivity contribution in [3.05, 3.63) is 29.3 Å². The molecule has 0 radical (unpaired) electrons. The number of aromatic nitrogens is 1. The van der Waals surface area contributed by atoms with E-state index in [2.05, 4.69) is 4.98 Å². The Morgan fingerprint density at radius 2 is 2.11 bits per heavy atom. The zero-order valence-electron chi connectivity index (χ0n) is 10.2. The second-order valence-corrected chi connectivity index (χ2v) is 7.42. The summed E-state index contributed by atoms with van der Waals surface area (Å²) in [5, 5.41) is 8.00. The lowest BCUT2D eigenvalue weighted by atomic mass is 10.3. The largest absolute Gasteiger partial charge is 0.480 e. The maximum atomic E-state index is 12.0. The van der Waals surface area contributed by atoms with Gasteiger partial charge in [-0.15, -0.1) is 11.3 Å². The Morgan fingerprint density at radius 1 is 1.42 bits per heavy atom. The lowest BCUT2D eigenvalue weighted by Gasteiger charge is -2.09. The van der Waals surface area contributed by atoms with Gasteiger partial charge in [0.05, 0.1) is 10.2 Å². The molecule has 19 heavy (non-hydrogen) atoms. The minimum absolute atomic E-state index is 0.0581. The molecule has 1 aromatic carbocycles. The third-order valence-electron chi connectivity index (χ3n) is 2.74. The number of aliphatic carboxylic acids is 1. The SMILES string of the molecule is CCC(C(=O)O)S(=O)(=O)Cc1nc2ccccc2s1. The van der Waals surface area contributed by atoms with E-state index in [1.807, 2.05) is 18.2 Å². The van der Waals surface area contributed by atoms with Gasteiger partial charge in [-0.1, -0.05) is 19.1 Å². The number of hydrogen-bond donors (Lipinski definition) is 1. The first kappa shape index (κ1) is 14.0. The molecule has 1 heterocycles. The summed E-state index contributed by atoms with van der Waals surface area (Å²) in [5.74, 6) is -1.62. The lowest BCUT2D eigenvalue weighted by Crippen LogP contribution is -2.30. The van der Waals surface area contributed by atoms with Gasteiger partial charge >= 0.3 is 5.97 Å². The number of benzene rings is 1. The van der Waals surface area contributed by atoms with E-state index in [1.54, 1.807) is 13.0 Å². The average molecular weight is 299 g/mol. The summed E-state index contributed by atoms with van der Waals surface area (Å²) >= 11 is 1.28. The van der Waals surface area contributed by atoms with Gasteiger partial charge in [-0.25, -0.2) is 13.4 Å². The number of thiazole rings is 1. The summed E-state index contributed by atoms with van der Waals surface area (Å²) in [6.45, 7) is 1.55. The van der Waals surface area contributed by atoms with Gasteiger partial charge in [0.2, 0.25) is 0 Å². The summed E-state index contributed by atoms with van der Waals surface area (Å²) in [4.78, 5) is 15.2. The van der Waals surface area contributed by atoms with Gasteiger partial charge in [0, 0.05) is 0 Å². The molecule has 0 bridgehead atoms. The molecule has 0 aliphatic heterocycles. The van der Waals surface area contributed by atoms with E-state index in [0.29, 0.717) is 5.01 Å². The number of fused-ring (bicyclic) bond motifs is 1. The number of hydrogen-bond acceptors (Lipinski definition) is 5. The first-order valence-electron chi connectivity index (χ1n) is 5.73. The third kappa shape index (κ3) is 2.93. The fourth-order valence-corrected chi connectivity index (χ4v) is 4.75. The van der Waals surface area contributed by atoms with Crippen molar-refractivity contribution in [2.24, 2.45) is 0 Å². The maximum absolute atomic E-state index is 12.0. The standard InChI is InChI=1S/C12H13NO4S2/c1-2-10(12(14)15)19(16,17)7-11-13-8-5-3-4-6-9(8)18-11/h3-6,10H,2,7H2,1H3,(H,14,15). The van der Waals surface area contributed by atoms with Gasteiger partial charge < -0.3 is 5.11 Å². The van der Waals surface area contributed by atoms with Gasteiger partial charge in [-0.2, -0.15) is 0 Å². The van der Waals surface area contributed by atoms with Crippen LogP contribution >= 0.6 is 11.3 Å². The van der Waals surface area contributed by atoms with Crippen molar-refractivity contribution in [2.45, 2.75) is 24.3 Å². The van der Waals surface area contributed by atoms with Crippen LogP contribution in [0.4, 0.5) is 0 Å². The van der Waals surface area contributed by atoms with Crippen LogP contribution in [0.15, 0.2) is 24.3 Å². The second kappa shape index (κ2) is 5.26. The number of rotatable bonds is 5. The third-order valence-corrected chi connectivity index (χ3v) is 6.04. The van der Waals surface area contributed by atoms with Crippen molar-refractivity contribution in [3.63, 3.8) is 0 Å². The van der Waals surface area contributed by atoms with Crippen LogP contribution in [0.5, 0.6) is 0 Å². The Labute approximate surface area is 114 Å². The number of para-hydroxylation sites is 1. The lowest BCUT2D eigenvalue weighted by molar-refractivity contribution is -0.136. The molecule has 2 rings (SSSR count). The monoisotopic (exact) mass is 299 g/mol. The maximum Gasteiger partial charge on any atom is 0.321 e. The van der Waals surface area contributed by atoms with Gasteiger partial charge in [0.25, 0.3) is 0 Å². The number of carbonyl (C=O) groups is 1. The fourth-order valence-electron chi connectivity index (χ4n) is 1.84. The van der Waals surface area contributed by atoms with E-state index in [4.69, 9.17) is 5.11 Å². The molecule has 7 heteroatoms. The molecule has 0 saturated carbocycles. The normalized spacial score (nSPS) is 13.5. The molecule has 2 aromatic rings. The Kier molecular flexibility index (Phi) is 3.86. The molecule has 0 spiro atoms. The molecule has 0 amide bonds. The molecule has 1 unspecified atom stereocenters. The van der Waals surface area contributed by atoms with Gasteiger partial charge in [-0.3, -0.25) is 4.79 Å². The number of carboxylic acid groups (broad SMARTS) is 1. The van der Waals surface area contributed by atoms with E-state index in [9.17, 15) is 13.2 Å². The Balaban J connectivity index is 2.31. The summed E-state index contributed by atoms with van der Waals surface area (Å²) in [7, 11) is -3.72. The number of sulfone groups is 1. The van der Waals surface area contributed by atoms with Crippen LogP contribution < -0.4 is 0 Å². The second-order valence-electron chi connectivity index (χ2n) is 4.12. The predicted octanol–water partition coefficient (Wildman–Crippen LogP) is 2.07. The minimum atomic E-state index is -3.72. The molecule has 0 saturated heterocycles. The molecule has 102 valence electrons. The quantitative estimate of drug-likeness (QED) is 0.913. The summed E-state index contributed by atoms with van der Waals surface area (Å²) < 4.78 is 25.0. The van der Waals surface area contributed by atoms with Crippen LogP contribution in [0.25, 0.3) is 10.2 Å². The van der Waals surface area contributed by atoms with E-state index < -0.39 is 21.1 Å². The highest BCUT2D eigenvalue weighted by Crippen LogP contribution is 2.24. The molecule has 1 N–H and O–H groups in total. The Hall–Kier alpha value is -1.47. The minimum Gasteiger partial charge on any atom is -0.480 e. The number of carboxylic acids is 1. The van der Waals surface area contributed by atoms with Gasteiger partial charge in [0.15, 0.2) is 15.1 Å². The molecule has 0 aliphatic rings. The van der Waals surface area contributed by atoms with Crippen molar-refractivity contribution >= 4 is 37.4 Å². The smallest absolute Gasteiger partial charge is 0.321 e.